The summed E-state index contributed by atoms with van der Waals surface area (Å²) in [6.07, 6.45) is 6.95. The molecule has 0 saturated heterocycles. The molecule has 0 aromatic rings. The Labute approximate surface area is 97.6 Å². The lowest BCUT2D eigenvalue weighted by Crippen LogP contribution is -2.38. The zero-order valence-electron chi connectivity index (χ0n) is 10.1. The van der Waals surface area contributed by atoms with Crippen LogP contribution in [0.5, 0.6) is 0 Å². The van der Waals surface area contributed by atoms with Crippen LogP contribution in [0.1, 0.15) is 45.4 Å². The Hall–Kier alpha value is -0.570. The summed E-state index contributed by atoms with van der Waals surface area (Å²) in [4.78, 5) is 11.8. The first-order valence-electron chi connectivity index (χ1n) is 6.65. The third kappa shape index (κ3) is 2.76. The zero-order chi connectivity index (χ0) is 11.5. The number of carbonyl (C=O) groups excluding carboxylic acids is 1. The van der Waals surface area contributed by atoms with Gasteiger partial charge in [0.2, 0.25) is 5.91 Å². The second kappa shape index (κ2) is 5.17. The van der Waals surface area contributed by atoms with E-state index in [0.29, 0.717) is 6.04 Å². The van der Waals surface area contributed by atoms with E-state index in [2.05, 4.69) is 12.2 Å². The summed E-state index contributed by atoms with van der Waals surface area (Å²) in [5.74, 6) is 1.40. The van der Waals surface area contributed by atoms with Crippen LogP contribution in [0, 0.1) is 17.8 Å². The number of aliphatic hydroxyl groups excluding tert-OH is 1. The molecule has 0 unspecified atom stereocenters. The molecule has 2 aliphatic rings. The van der Waals surface area contributed by atoms with Crippen molar-refractivity contribution in [2.45, 2.75) is 51.5 Å². The molecule has 0 spiro atoms. The minimum absolute atomic E-state index is 0.105. The van der Waals surface area contributed by atoms with Gasteiger partial charge >= 0.3 is 0 Å². The molecular formula is C13H23NO2. The fourth-order valence-electron chi connectivity index (χ4n) is 2.79. The largest absolute Gasteiger partial charge is 0.396 e. The third-order valence-corrected chi connectivity index (χ3v) is 4.26. The average Bonchev–Trinajstić information content (AvgIpc) is 3.09. The van der Waals surface area contributed by atoms with Crippen molar-refractivity contribution in [2.24, 2.45) is 17.8 Å². The number of rotatable bonds is 4. The maximum Gasteiger partial charge on any atom is 0.223 e. The maximum atomic E-state index is 11.8. The summed E-state index contributed by atoms with van der Waals surface area (Å²) in [5.41, 5.74) is 0. The summed E-state index contributed by atoms with van der Waals surface area (Å²) in [6.45, 7) is 2.42. The molecular weight excluding hydrogens is 202 g/mol. The molecule has 2 fully saturated rings. The van der Waals surface area contributed by atoms with E-state index in [1.54, 1.807) is 0 Å². The second-order valence-electron chi connectivity index (χ2n) is 5.42. The fourth-order valence-corrected chi connectivity index (χ4v) is 2.79. The first-order chi connectivity index (χ1) is 7.74. The lowest BCUT2D eigenvalue weighted by atomic mass is 9.84. The van der Waals surface area contributed by atoms with Crippen LogP contribution in [0.15, 0.2) is 0 Å². The van der Waals surface area contributed by atoms with Gasteiger partial charge in [0.1, 0.15) is 0 Å². The predicted molar refractivity (Wildman–Crippen MR) is 62.9 cm³/mol. The van der Waals surface area contributed by atoms with E-state index >= 15 is 0 Å². The molecule has 16 heavy (non-hydrogen) atoms. The quantitative estimate of drug-likeness (QED) is 0.765. The van der Waals surface area contributed by atoms with Gasteiger partial charge in [0.05, 0.1) is 0 Å². The summed E-state index contributed by atoms with van der Waals surface area (Å²) < 4.78 is 0. The van der Waals surface area contributed by atoms with Crippen LogP contribution in [0.25, 0.3) is 0 Å². The molecule has 2 N–H and O–H groups in total. The van der Waals surface area contributed by atoms with Crippen LogP contribution in [0.4, 0.5) is 0 Å². The van der Waals surface area contributed by atoms with Crippen molar-refractivity contribution in [3.8, 4) is 0 Å². The van der Waals surface area contributed by atoms with Crippen molar-refractivity contribution in [3.05, 3.63) is 0 Å². The molecule has 0 aromatic carbocycles. The van der Waals surface area contributed by atoms with E-state index in [9.17, 15) is 4.79 Å². The van der Waals surface area contributed by atoms with Gasteiger partial charge in [0.15, 0.2) is 0 Å². The standard InChI is InChI=1S/C13H23NO2/c1-2-9-3-5-11(6-4-9)14-13(16)12-7-10(12)8-15/h9-12,15H,2-8H2,1H3,(H,14,16)/t9?,10-,11?,12+/m0/s1. The number of carbonyl (C=O) groups is 1. The fraction of sp³-hybridized carbons (Fsp3) is 0.923. The van der Waals surface area contributed by atoms with E-state index in [0.717, 1.165) is 25.2 Å². The topological polar surface area (TPSA) is 49.3 Å². The van der Waals surface area contributed by atoms with Gasteiger partial charge in [-0.05, 0) is 43.9 Å². The molecule has 0 heterocycles. The highest BCUT2D eigenvalue weighted by Crippen LogP contribution is 2.38. The number of aliphatic hydroxyl groups is 1. The Balaban J connectivity index is 1.69. The van der Waals surface area contributed by atoms with Crippen LogP contribution in [-0.2, 0) is 4.79 Å². The van der Waals surface area contributed by atoms with Crippen molar-refractivity contribution in [2.75, 3.05) is 6.61 Å². The van der Waals surface area contributed by atoms with Gasteiger partial charge in [0.25, 0.3) is 0 Å². The minimum atomic E-state index is 0.105. The van der Waals surface area contributed by atoms with E-state index in [1.807, 2.05) is 0 Å². The molecule has 2 rings (SSSR count). The van der Waals surface area contributed by atoms with E-state index in [1.165, 1.54) is 19.3 Å². The molecule has 92 valence electrons. The van der Waals surface area contributed by atoms with Crippen molar-refractivity contribution in [3.63, 3.8) is 0 Å². The molecule has 2 atom stereocenters. The van der Waals surface area contributed by atoms with Crippen molar-refractivity contribution >= 4 is 5.91 Å². The maximum absolute atomic E-state index is 11.8. The first kappa shape index (κ1) is 11.9. The van der Waals surface area contributed by atoms with Crippen molar-refractivity contribution in [1.82, 2.24) is 5.32 Å². The molecule has 1 amide bonds. The van der Waals surface area contributed by atoms with E-state index in [4.69, 9.17) is 5.11 Å². The summed E-state index contributed by atoms with van der Waals surface area (Å²) >= 11 is 0. The smallest absolute Gasteiger partial charge is 0.223 e. The molecule has 0 bridgehead atoms. The monoisotopic (exact) mass is 225 g/mol. The zero-order valence-corrected chi connectivity index (χ0v) is 10.1. The molecule has 0 radical (unpaired) electrons. The Kier molecular flexibility index (Phi) is 3.85. The van der Waals surface area contributed by atoms with Gasteiger partial charge in [0, 0.05) is 18.6 Å². The molecule has 0 aliphatic heterocycles. The minimum Gasteiger partial charge on any atom is -0.396 e. The number of nitrogens with one attached hydrogen (secondary N) is 1. The molecule has 2 aliphatic carbocycles. The van der Waals surface area contributed by atoms with Gasteiger partial charge in [-0.25, -0.2) is 0 Å². The SMILES string of the molecule is CCC1CCC(NC(=O)[C@@H]2C[C@H]2CO)CC1. The van der Waals surface area contributed by atoms with Gasteiger partial charge in [-0.2, -0.15) is 0 Å². The third-order valence-electron chi connectivity index (χ3n) is 4.26. The number of hydrogen-bond acceptors (Lipinski definition) is 2. The predicted octanol–water partition coefficient (Wildman–Crippen LogP) is 1.70. The number of hydrogen-bond donors (Lipinski definition) is 2. The summed E-state index contributed by atoms with van der Waals surface area (Å²) in [6, 6.07) is 0.398. The Morgan fingerprint density at radius 1 is 1.31 bits per heavy atom. The molecule has 3 nitrogen and oxygen atoms in total. The lowest BCUT2D eigenvalue weighted by molar-refractivity contribution is -0.123. The van der Waals surface area contributed by atoms with Gasteiger partial charge in [-0.3, -0.25) is 4.79 Å². The Bertz CT molecular complexity index is 246. The van der Waals surface area contributed by atoms with Crippen LogP contribution in [0.3, 0.4) is 0 Å². The van der Waals surface area contributed by atoms with Gasteiger partial charge in [-0.1, -0.05) is 13.3 Å². The van der Waals surface area contributed by atoms with Crippen molar-refractivity contribution in [1.29, 1.82) is 0 Å². The van der Waals surface area contributed by atoms with E-state index < -0.39 is 0 Å². The molecule has 3 heteroatoms. The van der Waals surface area contributed by atoms with Crippen molar-refractivity contribution < 1.29 is 9.90 Å². The number of amides is 1. The summed E-state index contributed by atoms with van der Waals surface area (Å²) in [7, 11) is 0. The normalized spacial score (nSPS) is 38.1. The first-order valence-corrected chi connectivity index (χ1v) is 6.65. The molecule has 2 saturated carbocycles. The average molecular weight is 225 g/mol. The summed E-state index contributed by atoms with van der Waals surface area (Å²) in [5, 5.41) is 12.1. The highest BCUT2D eigenvalue weighted by Gasteiger charge is 2.42. The second-order valence-corrected chi connectivity index (χ2v) is 5.42. The van der Waals surface area contributed by atoms with Crippen LogP contribution < -0.4 is 5.32 Å². The van der Waals surface area contributed by atoms with Gasteiger partial charge < -0.3 is 10.4 Å². The Morgan fingerprint density at radius 2 is 2.00 bits per heavy atom. The van der Waals surface area contributed by atoms with E-state index in [-0.39, 0.29) is 24.3 Å². The highest BCUT2D eigenvalue weighted by atomic mass is 16.3. The lowest BCUT2D eigenvalue weighted by Gasteiger charge is -2.28. The highest BCUT2D eigenvalue weighted by molar-refractivity contribution is 5.81. The van der Waals surface area contributed by atoms with Crippen LogP contribution >= 0.6 is 0 Å². The van der Waals surface area contributed by atoms with Crippen LogP contribution in [0.2, 0.25) is 0 Å². The molecule has 0 aromatic heterocycles. The van der Waals surface area contributed by atoms with Gasteiger partial charge in [-0.15, -0.1) is 0 Å². The Morgan fingerprint density at radius 3 is 2.50 bits per heavy atom. The van der Waals surface area contributed by atoms with Crippen LogP contribution in [-0.4, -0.2) is 23.7 Å².